The molecule has 1 nitrogen and oxygen atoms in total. The highest BCUT2D eigenvalue weighted by Crippen LogP contribution is 2.50. The summed E-state index contributed by atoms with van der Waals surface area (Å²) in [5, 5.41) is 0. The highest BCUT2D eigenvalue weighted by Gasteiger charge is 2.47. The molecule has 0 bridgehead atoms. The lowest BCUT2D eigenvalue weighted by Crippen LogP contribution is -2.38. The van der Waals surface area contributed by atoms with Gasteiger partial charge in [0.2, 0.25) is 0 Å². The molecule has 1 saturated heterocycles. The zero-order valence-corrected chi connectivity index (χ0v) is 8.94. The second kappa shape index (κ2) is 2.69. The number of hydrogen-bond donors (Lipinski definition) is 0. The van der Waals surface area contributed by atoms with Crippen LogP contribution in [0.15, 0.2) is 0 Å². The minimum Gasteiger partial charge on any atom is -0.297 e. The number of alkyl halides is 1. The Morgan fingerprint density at radius 1 is 1.23 bits per heavy atom. The molecule has 0 spiro atoms. The van der Waals surface area contributed by atoms with Gasteiger partial charge in [-0.3, -0.25) is 4.90 Å². The van der Waals surface area contributed by atoms with E-state index in [1.807, 2.05) is 0 Å². The molecule has 13 heavy (non-hydrogen) atoms. The number of likely N-dealkylation sites (tertiary alicyclic amines) is 1. The molecule has 0 aromatic carbocycles. The first-order chi connectivity index (χ1) is 5.93. The molecule has 2 aliphatic rings. The summed E-state index contributed by atoms with van der Waals surface area (Å²) in [5.41, 5.74) is -0.431. The smallest absolute Gasteiger partial charge is 0.122 e. The molecule has 2 unspecified atom stereocenters. The van der Waals surface area contributed by atoms with Crippen LogP contribution in [0.5, 0.6) is 0 Å². The second-order valence-corrected chi connectivity index (χ2v) is 5.46. The molecule has 0 aromatic rings. The summed E-state index contributed by atoms with van der Waals surface area (Å²) < 4.78 is 13.6. The fourth-order valence-electron chi connectivity index (χ4n) is 2.34. The van der Waals surface area contributed by atoms with Crippen LogP contribution in [0.2, 0.25) is 0 Å². The van der Waals surface area contributed by atoms with Crippen LogP contribution in [0, 0.1) is 5.41 Å². The first-order valence-corrected chi connectivity index (χ1v) is 5.36. The third-order valence-corrected chi connectivity index (χ3v) is 4.05. The molecule has 1 aliphatic heterocycles. The predicted molar refractivity (Wildman–Crippen MR) is 52.5 cm³/mol. The van der Waals surface area contributed by atoms with Gasteiger partial charge >= 0.3 is 0 Å². The SMILES string of the molecule is CC(N1CCC(C)(F)C1)C1(C)CC1. The summed E-state index contributed by atoms with van der Waals surface area (Å²) in [7, 11) is 0. The maximum absolute atomic E-state index is 13.6. The Morgan fingerprint density at radius 3 is 2.23 bits per heavy atom. The average molecular weight is 185 g/mol. The van der Waals surface area contributed by atoms with E-state index in [4.69, 9.17) is 0 Å². The van der Waals surface area contributed by atoms with Crippen molar-refractivity contribution in [1.82, 2.24) is 4.90 Å². The molecular formula is C11H20FN. The summed E-state index contributed by atoms with van der Waals surface area (Å²) >= 11 is 0. The van der Waals surface area contributed by atoms with Crippen LogP contribution in [0.25, 0.3) is 0 Å². The summed E-state index contributed by atoms with van der Waals surface area (Å²) in [6.07, 6.45) is 3.37. The predicted octanol–water partition coefficient (Wildman–Crippen LogP) is 2.61. The van der Waals surface area contributed by atoms with Crippen molar-refractivity contribution >= 4 is 0 Å². The van der Waals surface area contributed by atoms with Crippen LogP contribution in [-0.2, 0) is 0 Å². The number of nitrogens with zero attached hydrogens (tertiary/aromatic N) is 1. The van der Waals surface area contributed by atoms with E-state index in [1.54, 1.807) is 6.92 Å². The van der Waals surface area contributed by atoms with Gasteiger partial charge in [0.25, 0.3) is 0 Å². The molecule has 76 valence electrons. The van der Waals surface area contributed by atoms with Gasteiger partial charge in [0.1, 0.15) is 5.67 Å². The van der Waals surface area contributed by atoms with Gasteiger partial charge in [-0.25, -0.2) is 4.39 Å². The summed E-state index contributed by atoms with van der Waals surface area (Å²) in [4.78, 5) is 2.33. The van der Waals surface area contributed by atoms with E-state index in [0.717, 1.165) is 6.54 Å². The van der Waals surface area contributed by atoms with Crippen molar-refractivity contribution in [2.75, 3.05) is 13.1 Å². The zero-order chi connectivity index (χ0) is 9.69. The fraction of sp³-hybridized carbons (Fsp3) is 1.00. The molecular weight excluding hydrogens is 165 g/mol. The van der Waals surface area contributed by atoms with Crippen LogP contribution in [0.3, 0.4) is 0 Å². The van der Waals surface area contributed by atoms with Gasteiger partial charge in [0.05, 0.1) is 0 Å². The molecule has 1 heterocycles. The van der Waals surface area contributed by atoms with Crippen molar-refractivity contribution in [3.63, 3.8) is 0 Å². The quantitative estimate of drug-likeness (QED) is 0.639. The normalized spacial score (nSPS) is 40.6. The Hall–Kier alpha value is -0.110. The van der Waals surface area contributed by atoms with Gasteiger partial charge < -0.3 is 0 Å². The highest BCUT2D eigenvalue weighted by molar-refractivity contribution is 5.01. The van der Waals surface area contributed by atoms with E-state index in [9.17, 15) is 4.39 Å². The highest BCUT2D eigenvalue weighted by atomic mass is 19.1. The van der Waals surface area contributed by atoms with E-state index in [1.165, 1.54) is 12.8 Å². The Labute approximate surface area is 80.3 Å². The lowest BCUT2D eigenvalue weighted by molar-refractivity contribution is 0.139. The average Bonchev–Trinajstić information content (AvgIpc) is 2.67. The largest absolute Gasteiger partial charge is 0.297 e. The van der Waals surface area contributed by atoms with Crippen LogP contribution in [0.1, 0.15) is 40.0 Å². The number of hydrogen-bond acceptors (Lipinski definition) is 1. The Balaban J connectivity index is 1.96. The molecule has 0 aromatic heterocycles. The monoisotopic (exact) mass is 185 g/mol. The van der Waals surface area contributed by atoms with Crippen molar-refractivity contribution in [2.24, 2.45) is 5.41 Å². The molecule has 1 saturated carbocycles. The van der Waals surface area contributed by atoms with Gasteiger partial charge in [-0.05, 0) is 38.5 Å². The van der Waals surface area contributed by atoms with Crippen molar-refractivity contribution in [1.29, 1.82) is 0 Å². The maximum Gasteiger partial charge on any atom is 0.122 e. The Morgan fingerprint density at radius 2 is 1.85 bits per heavy atom. The van der Waals surface area contributed by atoms with Gasteiger partial charge in [-0.1, -0.05) is 6.92 Å². The zero-order valence-electron chi connectivity index (χ0n) is 8.94. The van der Waals surface area contributed by atoms with Crippen LogP contribution < -0.4 is 0 Å². The van der Waals surface area contributed by atoms with Crippen molar-refractivity contribution in [3.05, 3.63) is 0 Å². The third-order valence-electron chi connectivity index (χ3n) is 4.05. The first kappa shape index (κ1) is 9.45. The minimum atomic E-state index is -0.931. The molecule has 0 N–H and O–H groups in total. The van der Waals surface area contributed by atoms with Crippen LogP contribution >= 0.6 is 0 Å². The van der Waals surface area contributed by atoms with E-state index in [0.29, 0.717) is 24.4 Å². The molecule has 1 aliphatic carbocycles. The van der Waals surface area contributed by atoms with E-state index >= 15 is 0 Å². The fourth-order valence-corrected chi connectivity index (χ4v) is 2.34. The summed E-state index contributed by atoms with van der Waals surface area (Å²) in [5.74, 6) is 0. The topological polar surface area (TPSA) is 3.24 Å². The molecule has 2 atom stereocenters. The molecule has 0 radical (unpaired) electrons. The van der Waals surface area contributed by atoms with Gasteiger partial charge in [-0.15, -0.1) is 0 Å². The Bertz CT molecular complexity index is 208. The van der Waals surface area contributed by atoms with E-state index in [2.05, 4.69) is 18.7 Å². The van der Waals surface area contributed by atoms with Crippen molar-refractivity contribution in [2.45, 2.75) is 51.7 Å². The lowest BCUT2D eigenvalue weighted by Gasteiger charge is -2.29. The van der Waals surface area contributed by atoms with Gasteiger partial charge in [0, 0.05) is 19.1 Å². The van der Waals surface area contributed by atoms with Crippen molar-refractivity contribution < 1.29 is 4.39 Å². The van der Waals surface area contributed by atoms with E-state index in [-0.39, 0.29) is 0 Å². The number of rotatable bonds is 2. The van der Waals surface area contributed by atoms with Gasteiger partial charge in [0.15, 0.2) is 0 Å². The standard InChI is InChI=1S/C11H20FN/c1-9(10(2)4-5-10)13-7-6-11(3,12)8-13/h9H,4-8H2,1-3H3. The lowest BCUT2D eigenvalue weighted by atomic mass is 9.99. The van der Waals surface area contributed by atoms with Crippen molar-refractivity contribution in [3.8, 4) is 0 Å². The number of halogens is 1. The molecule has 2 fully saturated rings. The third kappa shape index (κ3) is 1.74. The second-order valence-electron chi connectivity index (χ2n) is 5.46. The molecule has 0 amide bonds. The van der Waals surface area contributed by atoms with Gasteiger partial charge in [-0.2, -0.15) is 0 Å². The summed E-state index contributed by atoms with van der Waals surface area (Å²) in [6.45, 7) is 7.91. The maximum atomic E-state index is 13.6. The van der Waals surface area contributed by atoms with Crippen LogP contribution in [-0.4, -0.2) is 29.7 Å². The summed E-state index contributed by atoms with van der Waals surface area (Å²) in [6, 6.07) is 0.574. The minimum absolute atomic E-state index is 0.500. The first-order valence-electron chi connectivity index (χ1n) is 5.36. The van der Waals surface area contributed by atoms with Crippen LogP contribution in [0.4, 0.5) is 4.39 Å². The Kier molecular flexibility index (Phi) is 1.96. The molecule has 2 rings (SSSR count). The molecule has 2 heteroatoms. The van der Waals surface area contributed by atoms with E-state index < -0.39 is 5.67 Å².